The van der Waals surface area contributed by atoms with E-state index < -0.39 is 11.9 Å². The summed E-state index contributed by atoms with van der Waals surface area (Å²) < 4.78 is 6.10. The zero-order valence-electron chi connectivity index (χ0n) is 12.5. The molecule has 0 bridgehead atoms. The first-order valence-electron chi connectivity index (χ1n) is 7.29. The summed E-state index contributed by atoms with van der Waals surface area (Å²) in [5.41, 5.74) is 0. The SMILES string of the molecule is COc1ccc2sc(C(=O)N3CCCC(C(=O)O)C3)c(Cl)c2c1. The van der Waals surface area contributed by atoms with Crippen LogP contribution in [0, 0.1) is 5.92 Å². The van der Waals surface area contributed by atoms with E-state index in [2.05, 4.69) is 0 Å². The van der Waals surface area contributed by atoms with Crippen molar-refractivity contribution >= 4 is 44.9 Å². The van der Waals surface area contributed by atoms with Gasteiger partial charge < -0.3 is 14.7 Å². The topological polar surface area (TPSA) is 66.8 Å². The summed E-state index contributed by atoms with van der Waals surface area (Å²) in [5.74, 6) is -0.864. The monoisotopic (exact) mass is 353 g/mol. The summed E-state index contributed by atoms with van der Waals surface area (Å²) in [6, 6.07) is 5.50. The molecule has 2 aromatic rings. The van der Waals surface area contributed by atoms with Crippen LogP contribution in [0.15, 0.2) is 18.2 Å². The van der Waals surface area contributed by atoms with Gasteiger partial charge in [-0.25, -0.2) is 0 Å². The highest BCUT2D eigenvalue weighted by atomic mass is 35.5. The molecule has 1 N–H and O–H groups in total. The fourth-order valence-electron chi connectivity index (χ4n) is 2.82. The third kappa shape index (κ3) is 3.01. The lowest BCUT2D eigenvalue weighted by Crippen LogP contribution is -2.42. The molecule has 1 unspecified atom stereocenters. The minimum absolute atomic E-state index is 0.193. The van der Waals surface area contributed by atoms with E-state index in [1.807, 2.05) is 12.1 Å². The number of carbonyl (C=O) groups is 2. The zero-order valence-corrected chi connectivity index (χ0v) is 14.1. The van der Waals surface area contributed by atoms with Gasteiger partial charge in [0.15, 0.2) is 0 Å². The van der Waals surface area contributed by atoms with Crippen LogP contribution in [0.2, 0.25) is 5.02 Å². The number of rotatable bonds is 3. The Morgan fingerprint density at radius 2 is 2.22 bits per heavy atom. The number of ether oxygens (including phenoxy) is 1. The Morgan fingerprint density at radius 3 is 2.91 bits per heavy atom. The Hall–Kier alpha value is -1.79. The molecule has 1 amide bonds. The van der Waals surface area contributed by atoms with Crippen LogP contribution in [0.4, 0.5) is 0 Å². The molecule has 1 aliphatic rings. The smallest absolute Gasteiger partial charge is 0.308 e. The largest absolute Gasteiger partial charge is 0.497 e. The lowest BCUT2D eigenvalue weighted by molar-refractivity contribution is -0.143. The van der Waals surface area contributed by atoms with Gasteiger partial charge in [0.2, 0.25) is 0 Å². The maximum Gasteiger partial charge on any atom is 0.308 e. The number of hydrogen-bond acceptors (Lipinski definition) is 4. The summed E-state index contributed by atoms with van der Waals surface area (Å²) in [7, 11) is 1.58. The number of carboxylic acid groups (broad SMARTS) is 1. The fraction of sp³-hybridized carbons (Fsp3) is 0.375. The molecular formula is C16H16ClNO4S. The van der Waals surface area contributed by atoms with Gasteiger partial charge in [-0.15, -0.1) is 11.3 Å². The van der Waals surface area contributed by atoms with Gasteiger partial charge in [0.05, 0.1) is 18.1 Å². The van der Waals surface area contributed by atoms with E-state index in [0.29, 0.717) is 35.0 Å². The number of methoxy groups -OCH3 is 1. The zero-order chi connectivity index (χ0) is 16.6. The molecule has 23 heavy (non-hydrogen) atoms. The highest BCUT2D eigenvalue weighted by Crippen LogP contribution is 2.38. The summed E-state index contributed by atoms with van der Waals surface area (Å²) >= 11 is 7.72. The molecule has 122 valence electrons. The number of piperidine rings is 1. The number of likely N-dealkylation sites (tertiary alicyclic amines) is 1. The second-order valence-electron chi connectivity index (χ2n) is 5.54. The molecule has 1 saturated heterocycles. The number of thiophene rings is 1. The molecule has 7 heteroatoms. The summed E-state index contributed by atoms with van der Waals surface area (Å²) in [6.07, 6.45) is 1.30. The molecule has 2 heterocycles. The molecule has 1 aliphatic heterocycles. The fourth-order valence-corrected chi connectivity index (χ4v) is 4.27. The van der Waals surface area contributed by atoms with E-state index in [9.17, 15) is 9.59 Å². The third-order valence-corrected chi connectivity index (χ3v) is 5.75. The Labute approximate surface area is 142 Å². The van der Waals surface area contributed by atoms with Gasteiger partial charge in [-0.2, -0.15) is 0 Å². The molecule has 0 spiro atoms. The van der Waals surface area contributed by atoms with E-state index in [-0.39, 0.29) is 12.5 Å². The molecule has 5 nitrogen and oxygen atoms in total. The molecular weight excluding hydrogens is 338 g/mol. The molecule has 3 rings (SSSR count). The second kappa shape index (κ2) is 6.37. The maximum absolute atomic E-state index is 12.7. The maximum atomic E-state index is 12.7. The Balaban J connectivity index is 1.91. The molecule has 1 fully saturated rings. The third-order valence-electron chi connectivity index (χ3n) is 4.09. The van der Waals surface area contributed by atoms with E-state index in [1.165, 1.54) is 11.3 Å². The number of aliphatic carboxylic acids is 1. The van der Waals surface area contributed by atoms with Crippen LogP contribution in [-0.4, -0.2) is 42.1 Å². The van der Waals surface area contributed by atoms with Crippen molar-refractivity contribution in [3.63, 3.8) is 0 Å². The number of hydrogen-bond donors (Lipinski definition) is 1. The number of benzene rings is 1. The highest BCUT2D eigenvalue weighted by molar-refractivity contribution is 7.21. The van der Waals surface area contributed by atoms with Crippen LogP contribution in [0.1, 0.15) is 22.5 Å². The van der Waals surface area contributed by atoms with E-state index in [0.717, 1.165) is 10.1 Å². The number of halogens is 1. The van der Waals surface area contributed by atoms with Gasteiger partial charge in [-0.1, -0.05) is 11.6 Å². The highest BCUT2D eigenvalue weighted by Gasteiger charge is 2.30. The number of fused-ring (bicyclic) bond motifs is 1. The second-order valence-corrected chi connectivity index (χ2v) is 6.97. The number of nitrogens with zero attached hydrogens (tertiary/aromatic N) is 1. The van der Waals surface area contributed by atoms with Gasteiger partial charge in [0, 0.05) is 23.2 Å². The van der Waals surface area contributed by atoms with Crippen molar-refractivity contribution in [2.75, 3.05) is 20.2 Å². The first kappa shape index (κ1) is 16.1. The number of carboxylic acids is 1. The van der Waals surface area contributed by atoms with Gasteiger partial charge in [-0.3, -0.25) is 9.59 Å². The van der Waals surface area contributed by atoms with Gasteiger partial charge in [-0.05, 0) is 31.0 Å². The normalized spacial score (nSPS) is 18.2. The predicted octanol–water partition coefficient (Wildman–Crippen LogP) is 3.50. The Morgan fingerprint density at radius 1 is 1.43 bits per heavy atom. The van der Waals surface area contributed by atoms with Gasteiger partial charge in [0.1, 0.15) is 10.6 Å². The van der Waals surface area contributed by atoms with Crippen LogP contribution in [0.3, 0.4) is 0 Å². The summed E-state index contributed by atoms with van der Waals surface area (Å²) in [6.45, 7) is 0.804. The van der Waals surface area contributed by atoms with Crippen LogP contribution < -0.4 is 4.74 Å². The summed E-state index contributed by atoms with van der Waals surface area (Å²) in [4.78, 5) is 26.0. The summed E-state index contributed by atoms with van der Waals surface area (Å²) in [5, 5.41) is 10.4. The molecule has 1 aromatic heterocycles. The quantitative estimate of drug-likeness (QED) is 0.917. The van der Waals surface area contributed by atoms with Crippen LogP contribution in [-0.2, 0) is 4.79 Å². The van der Waals surface area contributed by atoms with Crippen molar-refractivity contribution < 1.29 is 19.4 Å². The Bertz CT molecular complexity index is 773. The van der Waals surface area contributed by atoms with Crippen molar-refractivity contribution in [3.05, 3.63) is 28.1 Å². The average molecular weight is 354 g/mol. The molecule has 1 aromatic carbocycles. The first-order valence-corrected chi connectivity index (χ1v) is 8.49. The van der Waals surface area contributed by atoms with Crippen molar-refractivity contribution in [2.24, 2.45) is 5.92 Å². The minimum atomic E-state index is -0.852. The molecule has 1 atom stereocenters. The molecule has 0 saturated carbocycles. The average Bonchev–Trinajstić information content (AvgIpc) is 2.90. The van der Waals surface area contributed by atoms with E-state index in [1.54, 1.807) is 18.1 Å². The lowest BCUT2D eigenvalue weighted by Gasteiger charge is -2.30. The van der Waals surface area contributed by atoms with Crippen LogP contribution in [0.5, 0.6) is 5.75 Å². The molecule has 0 radical (unpaired) electrons. The van der Waals surface area contributed by atoms with E-state index in [4.69, 9.17) is 21.4 Å². The van der Waals surface area contributed by atoms with Crippen molar-refractivity contribution in [2.45, 2.75) is 12.8 Å². The van der Waals surface area contributed by atoms with Crippen molar-refractivity contribution in [1.82, 2.24) is 4.90 Å². The minimum Gasteiger partial charge on any atom is -0.497 e. The number of carbonyl (C=O) groups excluding carboxylic acids is 1. The van der Waals surface area contributed by atoms with Crippen LogP contribution in [0.25, 0.3) is 10.1 Å². The van der Waals surface area contributed by atoms with Gasteiger partial charge in [0.25, 0.3) is 5.91 Å². The standard InChI is InChI=1S/C16H16ClNO4S/c1-22-10-4-5-12-11(7-10)13(17)14(23-12)15(19)18-6-2-3-9(8-18)16(20)21/h4-5,7,9H,2-3,6,8H2,1H3,(H,20,21). The predicted molar refractivity (Wildman–Crippen MR) is 89.7 cm³/mol. The van der Waals surface area contributed by atoms with E-state index >= 15 is 0 Å². The Kier molecular flexibility index (Phi) is 4.46. The van der Waals surface area contributed by atoms with Crippen molar-refractivity contribution in [1.29, 1.82) is 0 Å². The first-order chi connectivity index (χ1) is 11.0. The lowest BCUT2D eigenvalue weighted by atomic mass is 9.98. The van der Waals surface area contributed by atoms with Crippen molar-refractivity contribution in [3.8, 4) is 5.75 Å². The van der Waals surface area contributed by atoms with Gasteiger partial charge >= 0.3 is 5.97 Å². The van der Waals surface area contributed by atoms with Crippen LogP contribution >= 0.6 is 22.9 Å². The molecule has 0 aliphatic carbocycles. The number of amides is 1.